The minimum atomic E-state index is -0.172. The van der Waals surface area contributed by atoms with Crippen molar-refractivity contribution in [3.8, 4) is 0 Å². The molecule has 0 bridgehead atoms. The van der Waals surface area contributed by atoms with E-state index in [0.29, 0.717) is 12.5 Å². The first-order valence-electron chi connectivity index (χ1n) is 8.60. The molecule has 1 spiro atoms. The number of pyridine rings is 1. The maximum atomic E-state index is 6.28. The van der Waals surface area contributed by atoms with E-state index in [4.69, 9.17) is 9.47 Å². The Morgan fingerprint density at radius 3 is 2.96 bits per heavy atom. The minimum absolute atomic E-state index is 0.172. The van der Waals surface area contributed by atoms with Crippen LogP contribution in [-0.2, 0) is 22.6 Å². The van der Waals surface area contributed by atoms with Gasteiger partial charge in [0.2, 0.25) is 0 Å². The highest BCUT2D eigenvalue weighted by molar-refractivity contribution is 5.10. The largest absolute Gasteiger partial charge is 0.377 e. The summed E-state index contributed by atoms with van der Waals surface area (Å²) >= 11 is 0. The molecule has 0 aromatic carbocycles. The molecule has 2 aliphatic rings. The predicted octanol–water partition coefficient (Wildman–Crippen LogP) is 1.59. The summed E-state index contributed by atoms with van der Waals surface area (Å²) in [6.45, 7) is 6.01. The fourth-order valence-electron chi connectivity index (χ4n) is 3.82. The summed E-state index contributed by atoms with van der Waals surface area (Å²) in [5.41, 5.74) is 1.12. The van der Waals surface area contributed by atoms with Gasteiger partial charge in [-0.15, -0.1) is 0 Å². The molecule has 2 saturated heterocycles. The van der Waals surface area contributed by atoms with Gasteiger partial charge in [0.15, 0.2) is 0 Å². The van der Waals surface area contributed by atoms with E-state index in [1.165, 1.54) is 5.56 Å². The van der Waals surface area contributed by atoms with Gasteiger partial charge in [-0.25, -0.2) is 4.98 Å². The first kappa shape index (κ1) is 15.7. The van der Waals surface area contributed by atoms with Crippen molar-refractivity contribution in [3.05, 3.63) is 48.8 Å². The van der Waals surface area contributed by atoms with Crippen LogP contribution in [-0.4, -0.2) is 57.9 Å². The van der Waals surface area contributed by atoms with Crippen LogP contribution in [0.1, 0.15) is 12.0 Å². The van der Waals surface area contributed by atoms with Crippen LogP contribution in [0.25, 0.3) is 0 Å². The van der Waals surface area contributed by atoms with Gasteiger partial charge in [0.05, 0.1) is 26.1 Å². The van der Waals surface area contributed by atoms with Crippen molar-refractivity contribution in [2.45, 2.75) is 25.1 Å². The zero-order chi connectivity index (χ0) is 16.2. The molecule has 2 atom stereocenters. The van der Waals surface area contributed by atoms with Gasteiger partial charge in [0, 0.05) is 56.9 Å². The lowest BCUT2D eigenvalue weighted by Gasteiger charge is -2.31. The van der Waals surface area contributed by atoms with Crippen LogP contribution in [0.3, 0.4) is 0 Å². The van der Waals surface area contributed by atoms with Crippen LogP contribution in [0, 0.1) is 5.92 Å². The molecule has 0 amide bonds. The fraction of sp³-hybridized carbons (Fsp3) is 0.556. The van der Waals surface area contributed by atoms with Gasteiger partial charge in [-0.3, -0.25) is 9.88 Å². The van der Waals surface area contributed by atoms with E-state index >= 15 is 0 Å². The van der Waals surface area contributed by atoms with Gasteiger partial charge < -0.3 is 14.0 Å². The molecule has 0 unspecified atom stereocenters. The monoisotopic (exact) mass is 328 g/mol. The van der Waals surface area contributed by atoms with Crippen molar-refractivity contribution in [3.63, 3.8) is 0 Å². The number of hydrogen-bond acceptors (Lipinski definition) is 5. The lowest BCUT2D eigenvalue weighted by Crippen LogP contribution is -2.43. The smallest absolute Gasteiger partial charge is 0.104 e. The van der Waals surface area contributed by atoms with Gasteiger partial charge in [0.1, 0.15) is 5.60 Å². The van der Waals surface area contributed by atoms with Crippen LogP contribution in [0.4, 0.5) is 0 Å². The number of rotatable bonds is 4. The standard InChI is InChI=1S/C18H24N4O2/c1-3-19-4-2-16(1)10-21-7-8-23-14-18(13-21)9-17(12-24-18)11-22-6-5-20-15-22/h1-6,15,17H,7-14H2/t17-,18-/m1/s1. The summed E-state index contributed by atoms with van der Waals surface area (Å²) in [5, 5.41) is 0. The molecule has 4 rings (SSSR count). The van der Waals surface area contributed by atoms with Gasteiger partial charge in [0.25, 0.3) is 0 Å². The lowest BCUT2D eigenvalue weighted by atomic mass is 9.94. The molecule has 0 aliphatic carbocycles. The number of hydrogen-bond donors (Lipinski definition) is 0. The Kier molecular flexibility index (Phi) is 4.60. The van der Waals surface area contributed by atoms with E-state index in [2.05, 4.69) is 31.6 Å². The highest BCUT2D eigenvalue weighted by atomic mass is 16.5. The first-order valence-corrected chi connectivity index (χ1v) is 8.60. The van der Waals surface area contributed by atoms with Gasteiger partial charge in [-0.1, -0.05) is 0 Å². The summed E-state index contributed by atoms with van der Waals surface area (Å²) in [6, 6.07) is 4.16. The normalized spacial score (nSPS) is 28.2. The zero-order valence-electron chi connectivity index (χ0n) is 13.9. The molecule has 4 heterocycles. The molecule has 128 valence electrons. The summed E-state index contributed by atoms with van der Waals surface area (Å²) in [7, 11) is 0. The maximum absolute atomic E-state index is 6.28. The number of nitrogens with zero attached hydrogens (tertiary/aromatic N) is 4. The summed E-state index contributed by atoms with van der Waals surface area (Å²) in [4.78, 5) is 10.7. The molecule has 0 saturated carbocycles. The SMILES string of the molecule is c1cc(CN2CCOC[C@@]3(C[C@H](Cn4ccnc4)CO3)C2)ccn1. The molecule has 2 fully saturated rings. The van der Waals surface area contributed by atoms with Gasteiger partial charge >= 0.3 is 0 Å². The predicted molar refractivity (Wildman–Crippen MR) is 89.4 cm³/mol. The maximum Gasteiger partial charge on any atom is 0.104 e. The first-order chi connectivity index (χ1) is 11.8. The lowest BCUT2D eigenvalue weighted by molar-refractivity contribution is -0.0563. The van der Waals surface area contributed by atoms with E-state index in [0.717, 1.165) is 45.8 Å². The number of aromatic nitrogens is 3. The second kappa shape index (κ2) is 7.01. The quantitative estimate of drug-likeness (QED) is 0.853. The molecule has 24 heavy (non-hydrogen) atoms. The molecule has 0 radical (unpaired) electrons. The van der Waals surface area contributed by atoms with Crippen molar-refractivity contribution in [2.24, 2.45) is 5.92 Å². The van der Waals surface area contributed by atoms with Crippen LogP contribution in [0.5, 0.6) is 0 Å². The van der Waals surface area contributed by atoms with E-state index in [1.54, 1.807) is 0 Å². The Morgan fingerprint density at radius 1 is 1.21 bits per heavy atom. The van der Waals surface area contributed by atoms with E-state index < -0.39 is 0 Å². The molecule has 2 aromatic heterocycles. The second-order valence-corrected chi connectivity index (χ2v) is 6.94. The average molecular weight is 328 g/mol. The highest BCUT2D eigenvalue weighted by Crippen LogP contribution is 2.33. The van der Waals surface area contributed by atoms with Crippen molar-refractivity contribution >= 4 is 0 Å². The molecular formula is C18H24N4O2. The third kappa shape index (κ3) is 3.66. The molecule has 0 N–H and O–H groups in total. The number of ether oxygens (including phenoxy) is 2. The Bertz CT molecular complexity index is 634. The van der Waals surface area contributed by atoms with Crippen molar-refractivity contribution < 1.29 is 9.47 Å². The third-order valence-electron chi connectivity index (χ3n) is 4.90. The average Bonchev–Trinajstić information content (AvgIpc) is 3.19. The topological polar surface area (TPSA) is 52.4 Å². The summed E-state index contributed by atoms with van der Waals surface area (Å²) < 4.78 is 14.3. The zero-order valence-corrected chi connectivity index (χ0v) is 13.9. The fourth-order valence-corrected chi connectivity index (χ4v) is 3.82. The van der Waals surface area contributed by atoms with E-state index in [-0.39, 0.29) is 5.60 Å². The van der Waals surface area contributed by atoms with Gasteiger partial charge in [-0.05, 0) is 24.1 Å². The Morgan fingerprint density at radius 2 is 2.12 bits per heavy atom. The Hall–Kier alpha value is -1.76. The Labute approximate surface area is 142 Å². The molecule has 2 aliphatic heterocycles. The second-order valence-electron chi connectivity index (χ2n) is 6.94. The minimum Gasteiger partial charge on any atom is -0.377 e. The van der Waals surface area contributed by atoms with Gasteiger partial charge in [-0.2, -0.15) is 0 Å². The van der Waals surface area contributed by atoms with Crippen LogP contribution < -0.4 is 0 Å². The summed E-state index contributed by atoms with van der Waals surface area (Å²) in [5.74, 6) is 0.517. The third-order valence-corrected chi connectivity index (χ3v) is 4.90. The highest BCUT2D eigenvalue weighted by Gasteiger charge is 2.43. The van der Waals surface area contributed by atoms with Crippen molar-refractivity contribution in [2.75, 3.05) is 32.9 Å². The van der Waals surface area contributed by atoms with E-state index in [1.807, 2.05) is 31.1 Å². The van der Waals surface area contributed by atoms with Crippen molar-refractivity contribution in [1.29, 1.82) is 0 Å². The molecule has 6 nitrogen and oxygen atoms in total. The molecular weight excluding hydrogens is 304 g/mol. The number of imidazole rings is 1. The van der Waals surface area contributed by atoms with Crippen LogP contribution in [0.2, 0.25) is 0 Å². The van der Waals surface area contributed by atoms with Crippen molar-refractivity contribution in [1.82, 2.24) is 19.4 Å². The molecule has 2 aromatic rings. The van der Waals surface area contributed by atoms with E-state index in [9.17, 15) is 0 Å². The molecule has 6 heteroatoms. The van der Waals surface area contributed by atoms with Crippen LogP contribution in [0.15, 0.2) is 43.2 Å². The Balaban J connectivity index is 1.40. The van der Waals surface area contributed by atoms with Crippen LogP contribution >= 0.6 is 0 Å². The summed E-state index contributed by atoms with van der Waals surface area (Å²) in [6.07, 6.45) is 10.5.